The van der Waals surface area contributed by atoms with Gasteiger partial charge in [0.1, 0.15) is 5.69 Å². The van der Waals surface area contributed by atoms with Crippen molar-refractivity contribution in [1.82, 2.24) is 15.0 Å². The monoisotopic (exact) mass is 274 g/mol. The standard InChI is InChI=1S/C17H14N4/c1-2-14-7-6-8-15(11-14)18-12-16-13-19-21(20-16)17-9-4-3-5-10-17/h1,3-11,13,18H,12H2. The van der Waals surface area contributed by atoms with Gasteiger partial charge in [-0.1, -0.05) is 30.2 Å². The third kappa shape index (κ3) is 3.10. The van der Waals surface area contributed by atoms with Gasteiger partial charge in [-0.05, 0) is 30.3 Å². The molecule has 0 saturated heterocycles. The van der Waals surface area contributed by atoms with Crippen LogP contribution in [0, 0.1) is 12.3 Å². The van der Waals surface area contributed by atoms with Crippen molar-refractivity contribution in [2.24, 2.45) is 0 Å². The highest BCUT2D eigenvalue weighted by Crippen LogP contribution is 2.11. The molecule has 102 valence electrons. The molecule has 0 aliphatic rings. The van der Waals surface area contributed by atoms with Crippen LogP contribution in [0.15, 0.2) is 60.8 Å². The quantitative estimate of drug-likeness (QED) is 0.744. The molecule has 21 heavy (non-hydrogen) atoms. The first-order valence-electron chi connectivity index (χ1n) is 6.62. The molecule has 0 spiro atoms. The number of nitrogens with zero attached hydrogens (tertiary/aromatic N) is 3. The van der Waals surface area contributed by atoms with E-state index in [9.17, 15) is 0 Å². The van der Waals surface area contributed by atoms with Gasteiger partial charge in [-0.2, -0.15) is 15.0 Å². The van der Waals surface area contributed by atoms with Crippen LogP contribution >= 0.6 is 0 Å². The second kappa shape index (κ2) is 5.93. The summed E-state index contributed by atoms with van der Waals surface area (Å²) >= 11 is 0. The Labute approximate surface area is 123 Å². The van der Waals surface area contributed by atoms with Crippen LogP contribution in [0.3, 0.4) is 0 Å². The van der Waals surface area contributed by atoms with E-state index in [1.165, 1.54) is 0 Å². The first-order valence-corrected chi connectivity index (χ1v) is 6.62. The summed E-state index contributed by atoms with van der Waals surface area (Å²) in [7, 11) is 0. The minimum atomic E-state index is 0.598. The highest BCUT2D eigenvalue weighted by molar-refractivity contribution is 5.50. The van der Waals surface area contributed by atoms with E-state index in [0.29, 0.717) is 6.54 Å². The van der Waals surface area contributed by atoms with Gasteiger partial charge >= 0.3 is 0 Å². The Morgan fingerprint density at radius 1 is 1.10 bits per heavy atom. The Hall–Kier alpha value is -3.06. The maximum absolute atomic E-state index is 5.39. The molecule has 0 radical (unpaired) electrons. The van der Waals surface area contributed by atoms with E-state index in [0.717, 1.165) is 22.6 Å². The van der Waals surface area contributed by atoms with E-state index < -0.39 is 0 Å². The molecular weight excluding hydrogens is 260 g/mol. The summed E-state index contributed by atoms with van der Waals surface area (Å²) in [6.07, 6.45) is 7.15. The van der Waals surface area contributed by atoms with Gasteiger partial charge in [0.05, 0.1) is 18.4 Å². The fourth-order valence-electron chi connectivity index (χ4n) is 1.97. The molecule has 0 fully saturated rings. The molecule has 0 aliphatic heterocycles. The van der Waals surface area contributed by atoms with Crippen molar-refractivity contribution < 1.29 is 0 Å². The summed E-state index contributed by atoms with van der Waals surface area (Å²) in [4.78, 5) is 1.62. The lowest BCUT2D eigenvalue weighted by Gasteiger charge is -2.04. The van der Waals surface area contributed by atoms with E-state index in [1.807, 2.05) is 54.6 Å². The molecule has 0 atom stereocenters. The van der Waals surface area contributed by atoms with Crippen molar-refractivity contribution >= 4 is 5.69 Å². The topological polar surface area (TPSA) is 42.7 Å². The van der Waals surface area contributed by atoms with E-state index >= 15 is 0 Å². The fraction of sp³-hybridized carbons (Fsp3) is 0.0588. The molecule has 0 saturated carbocycles. The maximum Gasteiger partial charge on any atom is 0.102 e. The zero-order valence-electron chi connectivity index (χ0n) is 11.4. The van der Waals surface area contributed by atoms with Crippen LogP contribution in [0.2, 0.25) is 0 Å². The van der Waals surface area contributed by atoms with E-state index in [4.69, 9.17) is 6.42 Å². The highest BCUT2D eigenvalue weighted by Gasteiger charge is 2.02. The van der Waals surface area contributed by atoms with Crippen LogP contribution in [-0.4, -0.2) is 15.0 Å². The number of terminal acetylenes is 1. The van der Waals surface area contributed by atoms with Crippen LogP contribution in [-0.2, 0) is 6.54 Å². The summed E-state index contributed by atoms with van der Waals surface area (Å²) in [6.45, 7) is 0.598. The number of nitrogens with one attached hydrogen (secondary N) is 1. The van der Waals surface area contributed by atoms with Crippen LogP contribution in [0.5, 0.6) is 0 Å². The number of anilines is 1. The molecule has 2 aromatic carbocycles. The number of aromatic nitrogens is 3. The lowest BCUT2D eigenvalue weighted by molar-refractivity contribution is 0.740. The Balaban J connectivity index is 1.69. The van der Waals surface area contributed by atoms with Gasteiger partial charge in [-0.15, -0.1) is 6.42 Å². The SMILES string of the molecule is C#Cc1cccc(NCc2cnn(-c3ccccc3)n2)c1. The zero-order valence-corrected chi connectivity index (χ0v) is 11.4. The molecule has 4 heteroatoms. The predicted molar refractivity (Wildman–Crippen MR) is 83.1 cm³/mol. The highest BCUT2D eigenvalue weighted by atomic mass is 15.5. The lowest BCUT2D eigenvalue weighted by atomic mass is 10.2. The Morgan fingerprint density at radius 3 is 2.76 bits per heavy atom. The zero-order chi connectivity index (χ0) is 14.5. The van der Waals surface area contributed by atoms with E-state index in [1.54, 1.807) is 11.0 Å². The van der Waals surface area contributed by atoms with E-state index in [-0.39, 0.29) is 0 Å². The number of hydrogen-bond donors (Lipinski definition) is 1. The van der Waals surface area contributed by atoms with Crippen molar-refractivity contribution in [3.63, 3.8) is 0 Å². The summed E-state index contributed by atoms with van der Waals surface area (Å²) in [5.74, 6) is 2.62. The normalized spacial score (nSPS) is 10.0. The molecular formula is C17H14N4. The molecule has 0 aliphatic carbocycles. The largest absolute Gasteiger partial charge is 0.379 e. The number of benzene rings is 2. The number of rotatable bonds is 4. The van der Waals surface area contributed by atoms with Crippen LogP contribution in [0.1, 0.15) is 11.3 Å². The molecule has 3 aromatic rings. The van der Waals surface area contributed by atoms with Crippen LogP contribution in [0.4, 0.5) is 5.69 Å². The van der Waals surface area contributed by atoms with Crippen molar-refractivity contribution in [2.75, 3.05) is 5.32 Å². The van der Waals surface area contributed by atoms with Crippen LogP contribution in [0.25, 0.3) is 5.69 Å². The van der Waals surface area contributed by atoms with Gasteiger partial charge in [0.15, 0.2) is 0 Å². The molecule has 0 bridgehead atoms. The molecule has 4 nitrogen and oxygen atoms in total. The minimum Gasteiger partial charge on any atom is -0.379 e. The van der Waals surface area contributed by atoms with E-state index in [2.05, 4.69) is 21.4 Å². The number of hydrogen-bond acceptors (Lipinski definition) is 3. The second-order valence-electron chi connectivity index (χ2n) is 4.54. The van der Waals surface area contributed by atoms with Gasteiger partial charge in [-0.25, -0.2) is 0 Å². The molecule has 0 amide bonds. The first-order chi connectivity index (χ1) is 10.3. The average Bonchev–Trinajstić information content (AvgIpc) is 3.03. The predicted octanol–water partition coefficient (Wildman–Crippen LogP) is 2.86. The van der Waals surface area contributed by atoms with Crippen molar-refractivity contribution in [3.05, 3.63) is 72.1 Å². The number of para-hydroxylation sites is 1. The first kappa shape index (κ1) is 12.9. The van der Waals surface area contributed by atoms with Crippen molar-refractivity contribution in [1.29, 1.82) is 0 Å². The van der Waals surface area contributed by atoms with Gasteiger partial charge in [0, 0.05) is 11.3 Å². The summed E-state index contributed by atoms with van der Waals surface area (Å²) in [5.41, 5.74) is 3.63. The smallest absolute Gasteiger partial charge is 0.102 e. The lowest BCUT2D eigenvalue weighted by Crippen LogP contribution is -2.02. The average molecular weight is 274 g/mol. The second-order valence-corrected chi connectivity index (χ2v) is 4.54. The molecule has 1 aromatic heterocycles. The van der Waals surface area contributed by atoms with Gasteiger partial charge < -0.3 is 5.32 Å². The Morgan fingerprint density at radius 2 is 1.95 bits per heavy atom. The maximum atomic E-state index is 5.39. The molecule has 0 unspecified atom stereocenters. The Kier molecular flexibility index (Phi) is 3.66. The molecule has 1 heterocycles. The summed E-state index contributed by atoms with van der Waals surface area (Å²) < 4.78 is 0. The van der Waals surface area contributed by atoms with Crippen molar-refractivity contribution in [2.45, 2.75) is 6.54 Å². The minimum absolute atomic E-state index is 0.598. The van der Waals surface area contributed by atoms with Gasteiger partial charge in [0.25, 0.3) is 0 Å². The third-order valence-electron chi connectivity index (χ3n) is 3.03. The Bertz CT molecular complexity index is 769. The fourth-order valence-corrected chi connectivity index (χ4v) is 1.97. The third-order valence-corrected chi connectivity index (χ3v) is 3.03. The van der Waals surface area contributed by atoms with Crippen LogP contribution < -0.4 is 5.32 Å². The molecule has 1 N–H and O–H groups in total. The van der Waals surface area contributed by atoms with Crippen molar-refractivity contribution in [3.8, 4) is 18.0 Å². The van der Waals surface area contributed by atoms with Gasteiger partial charge in [0.2, 0.25) is 0 Å². The van der Waals surface area contributed by atoms with Gasteiger partial charge in [-0.3, -0.25) is 0 Å². The summed E-state index contributed by atoms with van der Waals surface area (Å²) in [5, 5.41) is 12.0. The summed E-state index contributed by atoms with van der Waals surface area (Å²) in [6, 6.07) is 17.6. The molecule has 3 rings (SSSR count).